The predicted molar refractivity (Wildman–Crippen MR) is 88.5 cm³/mol. The van der Waals surface area contributed by atoms with Crippen LogP contribution in [0.15, 0.2) is 29.2 Å². The molecule has 0 radical (unpaired) electrons. The van der Waals surface area contributed by atoms with Crippen molar-refractivity contribution < 1.29 is 8.42 Å². The number of sulfonamides is 1. The Labute approximate surface area is 134 Å². The van der Waals surface area contributed by atoms with Gasteiger partial charge < -0.3 is 5.73 Å². The number of rotatable bonds is 5. The first-order valence-electron chi connectivity index (χ1n) is 6.40. The summed E-state index contributed by atoms with van der Waals surface area (Å²) in [5.74, 6) is 0. The third kappa shape index (κ3) is 3.97. The number of nitrogen functional groups attached to an aromatic ring is 1. The minimum Gasteiger partial charge on any atom is -0.398 e. The van der Waals surface area contributed by atoms with Crippen molar-refractivity contribution in [3.8, 4) is 0 Å². The molecule has 1 heterocycles. The SMILES string of the molecule is Cc1cc(N)c(S(=O)(=O)NCCc2ccc(Cl)s2)cc1C. The van der Waals surface area contributed by atoms with Crippen molar-refractivity contribution in [2.75, 3.05) is 12.3 Å². The molecule has 7 heteroatoms. The fraction of sp³-hybridized carbons (Fsp3) is 0.286. The summed E-state index contributed by atoms with van der Waals surface area (Å²) >= 11 is 7.29. The summed E-state index contributed by atoms with van der Waals surface area (Å²) in [5, 5.41) is 0. The molecule has 3 N–H and O–H groups in total. The molecular formula is C14H17ClN2O2S2. The van der Waals surface area contributed by atoms with Crippen LogP contribution in [0.4, 0.5) is 5.69 Å². The van der Waals surface area contributed by atoms with Gasteiger partial charge in [-0.25, -0.2) is 13.1 Å². The smallest absolute Gasteiger partial charge is 0.242 e. The molecule has 0 bridgehead atoms. The monoisotopic (exact) mass is 344 g/mol. The first kappa shape index (κ1) is 16.3. The Bertz CT molecular complexity index is 754. The minimum atomic E-state index is -3.60. The van der Waals surface area contributed by atoms with Crippen LogP contribution in [0.3, 0.4) is 0 Å². The summed E-state index contributed by atoms with van der Waals surface area (Å²) < 4.78 is 27.9. The van der Waals surface area contributed by atoms with E-state index in [2.05, 4.69) is 4.72 Å². The van der Waals surface area contributed by atoms with Crippen LogP contribution in [0.25, 0.3) is 0 Å². The third-order valence-corrected chi connectivity index (χ3v) is 6.02. The van der Waals surface area contributed by atoms with Crippen LogP contribution in [0, 0.1) is 13.8 Å². The zero-order chi connectivity index (χ0) is 15.6. The number of benzene rings is 1. The maximum atomic E-state index is 12.3. The van der Waals surface area contributed by atoms with Gasteiger partial charge in [0.15, 0.2) is 0 Å². The summed E-state index contributed by atoms with van der Waals surface area (Å²) in [6, 6.07) is 6.99. The van der Waals surface area contributed by atoms with Gasteiger partial charge in [0.1, 0.15) is 4.90 Å². The van der Waals surface area contributed by atoms with Gasteiger partial charge in [-0.2, -0.15) is 0 Å². The molecular weight excluding hydrogens is 328 g/mol. The molecule has 0 unspecified atom stereocenters. The van der Waals surface area contributed by atoms with Crippen molar-refractivity contribution in [2.45, 2.75) is 25.2 Å². The third-order valence-electron chi connectivity index (χ3n) is 3.21. The highest BCUT2D eigenvalue weighted by Gasteiger charge is 2.18. The van der Waals surface area contributed by atoms with Crippen LogP contribution in [0.5, 0.6) is 0 Å². The first-order chi connectivity index (χ1) is 9.79. The Kier molecular flexibility index (Phi) is 4.93. The van der Waals surface area contributed by atoms with Gasteiger partial charge in [-0.3, -0.25) is 0 Å². The topological polar surface area (TPSA) is 72.2 Å². The van der Waals surface area contributed by atoms with Crippen LogP contribution in [0.2, 0.25) is 4.34 Å². The summed E-state index contributed by atoms with van der Waals surface area (Å²) in [6.07, 6.45) is 0.599. The van der Waals surface area contributed by atoms with Gasteiger partial charge >= 0.3 is 0 Å². The molecule has 0 spiro atoms. The van der Waals surface area contributed by atoms with Gasteiger partial charge in [0.2, 0.25) is 10.0 Å². The molecule has 0 saturated carbocycles. The van der Waals surface area contributed by atoms with E-state index < -0.39 is 10.0 Å². The largest absolute Gasteiger partial charge is 0.398 e. The highest BCUT2D eigenvalue weighted by molar-refractivity contribution is 7.89. The number of thiophene rings is 1. The fourth-order valence-corrected chi connectivity index (χ4v) is 4.23. The van der Waals surface area contributed by atoms with E-state index in [9.17, 15) is 8.42 Å². The Morgan fingerprint density at radius 1 is 1.24 bits per heavy atom. The van der Waals surface area contributed by atoms with Crippen molar-refractivity contribution >= 4 is 38.6 Å². The highest BCUT2D eigenvalue weighted by Crippen LogP contribution is 2.23. The zero-order valence-corrected chi connectivity index (χ0v) is 14.2. The Morgan fingerprint density at radius 2 is 1.90 bits per heavy atom. The molecule has 2 aromatic rings. The average molecular weight is 345 g/mol. The average Bonchev–Trinajstić information content (AvgIpc) is 2.79. The van der Waals surface area contributed by atoms with Crippen molar-refractivity contribution in [3.63, 3.8) is 0 Å². The van der Waals surface area contributed by atoms with E-state index in [1.165, 1.54) is 11.3 Å². The zero-order valence-electron chi connectivity index (χ0n) is 11.8. The molecule has 1 aromatic heterocycles. The molecule has 0 fully saturated rings. The summed E-state index contributed by atoms with van der Waals surface area (Å²) in [4.78, 5) is 1.17. The second-order valence-corrected chi connectivity index (χ2v) is 8.36. The minimum absolute atomic E-state index is 0.134. The summed E-state index contributed by atoms with van der Waals surface area (Å²) in [5.41, 5.74) is 7.97. The van der Waals surface area contributed by atoms with Crippen LogP contribution in [-0.4, -0.2) is 15.0 Å². The summed E-state index contributed by atoms with van der Waals surface area (Å²) in [7, 11) is -3.60. The van der Waals surface area contributed by atoms with E-state index in [4.69, 9.17) is 17.3 Å². The molecule has 0 amide bonds. The Balaban J connectivity index is 2.10. The van der Waals surface area contributed by atoms with Crippen molar-refractivity contribution in [1.29, 1.82) is 0 Å². The standard InChI is InChI=1S/C14H17ClN2O2S2/c1-9-7-12(16)13(8-10(9)2)21(18,19)17-6-5-11-3-4-14(15)20-11/h3-4,7-8,17H,5-6,16H2,1-2H3. The molecule has 0 aliphatic rings. The number of hydrogen-bond acceptors (Lipinski definition) is 4. The molecule has 0 aliphatic heterocycles. The van der Waals surface area contributed by atoms with Gasteiger partial charge in [0, 0.05) is 11.4 Å². The highest BCUT2D eigenvalue weighted by atomic mass is 35.5. The van der Waals surface area contributed by atoms with Gasteiger partial charge in [0.25, 0.3) is 0 Å². The van der Waals surface area contributed by atoms with Gasteiger partial charge in [-0.1, -0.05) is 11.6 Å². The van der Waals surface area contributed by atoms with Crippen LogP contribution < -0.4 is 10.5 Å². The molecule has 0 saturated heterocycles. The van der Waals surface area contributed by atoms with Crippen LogP contribution >= 0.6 is 22.9 Å². The lowest BCUT2D eigenvalue weighted by Gasteiger charge is -2.11. The van der Waals surface area contributed by atoms with Crippen molar-refractivity contribution in [1.82, 2.24) is 4.72 Å². The molecule has 114 valence electrons. The van der Waals surface area contributed by atoms with Crippen molar-refractivity contribution in [2.24, 2.45) is 0 Å². The molecule has 2 rings (SSSR count). The molecule has 4 nitrogen and oxygen atoms in total. The molecule has 0 atom stereocenters. The van der Waals surface area contributed by atoms with Crippen LogP contribution in [-0.2, 0) is 16.4 Å². The summed E-state index contributed by atoms with van der Waals surface area (Å²) in [6.45, 7) is 4.07. The molecule has 21 heavy (non-hydrogen) atoms. The Hall–Kier alpha value is -1.08. The van der Waals surface area contributed by atoms with Gasteiger partial charge in [-0.05, 0) is 55.7 Å². The number of anilines is 1. The lowest BCUT2D eigenvalue weighted by atomic mass is 10.1. The number of halogens is 1. The van der Waals surface area contributed by atoms with E-state index in [0.29, 0.717) is 17.3 Å². The van der Waals surface area contributed by atoms with E-state index in [1.54, 1.807) is 18.2 Å². The second kappa shape index (κ2) is 6.36. The molecule has 1 aromatic carbocycles. The number of hydrogen-bond donors (Lipinski definition) is 2. The van der Waals surface area contributed by atoms with E-state index in [-0.39, 0.29) is 10.6 Å². The predicted octanol–water partition coefficient (Wildman–Crippen LogP) is 3.12. The van der Waals surface area contributed by atoms with Gasteiger partial charge in [0.05, 0.1) is 10.0 Å². The molecule has 0 aliphatic carbocycles. The lowest BCUT2D eigenvalue weighted by molar-refractivity contribution is 0.582. The lowest BCUT2D eigenvalue weighted by Crippen LogP contribution is -2.26. The maximum Gasteiger partial charge on any atom is 0.242 e. The number of nitrogens with one attached hydrogen (secondary N) is 1. The maximum absolute atomic E-state index is 12.3. The fourth-order valence-electron chi connectivity index (χ4n) is 1.92. The number of nitrogens with two attached hydrogens (primary N) is 1. The number of aryl methyl sites for hydroxylation is 2. The van der Waals surface area contributed by atoms with E-state index >= 15 is 0 Å². The van der Waals surface area contributed by atoms with Crippen molar-refractivity contribution in [3.05, 3.63) is 44.6 Å². The second-order valence-electron chi connectivity index (χ2n) is 4.83. The Morgan fingerprint density at radius 3 is 2.52 bits per heavy atom. The van der Waals surface area contributed by atoms with Gasteiger partial charge in [-0.15, -0.1) is 11.3 Å². The first-order valence-corrected chi connectivity index (χ1v) is 9.08. The quantitative estimate of drug-likeness (QED) is 0.818. The van der Waals surface area contributed by atoms with Crippen LogP contribution in [0.1, 0.15) is 16.0 Å². The normalized spacial score (nSPS) is 11.8. The van der Waals surface area contributed by atoms with E-state index in [1.807, 2.05) is 19.9 Å². The van der Waals surface area contributed by atoms with E-state index in [0.717, 1.165) is 16.0 Å².